The van der Waals surface area contributed by atoms with E-state index in [0.717, 1.165) is 22.3 Å². The summed E-state index contributed by atoms with van der Waals surface area (Å²) < 4.78 is 18.0. The van der Waals surface area contributed by atoms with Gasteiger partial charge >= 0.3 is 0 Å². The minimum absolute atomic E-state index is 0.715. The highest BCUT2D eigenvalue weighted by molar-refractivity contribution is 7.67. The quantitative estimate of drug-likeness (QED) is 0.642. The molecular formula is C17H21O2P. The maximum Gasteiger partial charge on any atom is 0.274 e. The van der Waals surface area contributed by atoms with E-state index in [1.165, 1.54) is 0 Å². The molecule has 0 spiro atoms. The number of fused-ring (bicyclic) bond motifs is 3. The first-order chi connectivity index (χ1) is 9.42. The molecule has 2 nitrogen and oxygen atoms in total. The first kappa shape index (κ1) is 14.9. The van der Waals surface area contributed by atoms with Crippen LogP contribution in [0, 0.1) is 5.92 Å². The van der Waals surface area contributed by atoms with Crippen molar-refractivity contribution in [1.29, 1.82) is 0 Å². The Hall–Kier alpha value is -1.53. The van der Waals surface area contributed by atoms with Crippen molar-refractivity contribution in [3.8, 4) is 16.9 Å². The highest BCUT2D eigenvalue weighted by Gasteiger charge is 2.30. The van der Waals surface area contributed by atoms with Gasteiger partial charge in [-0.3, -0.25) is 4.57 Å². The lowest BCUT2D eigenvalue weighted by atomic mass is 10.0. The molecule has 0 aromatic heterocycles. The molecule has 1 heterocycles. The molecule has 0 bridgehead atoms. The summed E-state index contributed by atoms with van der Waals surface area (Å²) in [6.45, 7) is 8.17. The summed E-state index contributed by atoms with van der Waals surface area (Å²) in [4.78, 5) is 0. The summed E-state index contributed by atoms with van der Waals surface area (Å²) in [6.07, 6.45) is 0. The van der Waals surface area contributed by atoms with Gasteiger partial charge in [0.25, 0.3) is 7.37 Å². The van der Waals surface area contributed by atoms with Crippen molar-refractivity contribution in [2.24, 2.45) is 5.92 Å². The Bertz CT molecular complexity index is 644. The minimum Gasteiger partial charge on any atom is -0.439 e. The Morgan fingerprint density at radius 3 is 2.05 bits per heavy atom. The van der Waals surface area contributed by atoms with Gasteiger partial charge in [0.15, 0.2) is 0 Å². The Labute approximate surface area is 121 Å². The Morgan fingerprint density at radius 2 is 1.40 bits per heavy atom. The summed E-state index contributed by atoms with van der Waals surface area (Å²) in [6, 6.07) is 15.4. The predicted octanol–water partition coefficient (Wildman–Crippen LogP) is 4.94. The lowest BCUT2D eigenvalue weighted by Crippen LogP contribution is -2.16. The molecular weight excluding hydrogens is 267 g/mol. The molecule has 0 saturated carbocycles. The molecule has 0 fully saturated rings. The number of rotatable bonds is 0. The van der Waals surface area contributed by atoms with Crippen LogP contribution in [0.1, 0.15) is 20.8 Å². The summed E-state index contributed by atoms with van der Waals surface area (Å²) in [5.74, 6) is 1.55. The van der Waals surface area contributed by atoms with Crippen molar-refractivity contribution in [2.45, 2.75) is 20.8 Å². The van der Waals surface area contributed by atoms with E-state index < -0.39 is 7.37 Å². The number of para-hydroxylation sites is 1. The predicted molar refractivity (Wildman–Crippen MR) is 86.2 cm³/mol. The third-order valence-corrected chi connectivity index (χ3v) is 4.60. The van der Waals surface area contributed by atoms with E-state index in [1.807, 2.05) is 48.5 Å². The Balaban J connectivity index is 0.000000328. The van der Waals surface area contributed by atoms with E-state index in [9.17, 15) is 4.57 Å². The SMILES string of the molecule is CC(C)C.CP1(=O)Oc2ccccc2-c2ccccc21. The van der Waals surface area contributed by atoms with Gasteiger partial charge < -0.3 is 4.52 Å². The number of hydrogen-bond donors (Lipinski definition) is 0. The average molecular weight is 288 g/mol. The van der Waals surface area contributed by atoms with Gasteiger partial charge in [-0.1, -0.05) is 57.2 Å². The van der Waals surface area contributed by atoms with Crippen LogP contribution in [-0.2, 0) is 4.57 Å². The molecule has 0 aliphatic carbocycles. The molecule has 2 aromatic carbocycles. The van der Waals surface area contributed by atoms with E-state index in [0.29, 0.717) is 5.75 Å². The van der Waals surface area contributed by atoms with Crippen molar-refractivity contribution in [1.82, 2.24) is 0 Å². The summed E-state index contributed by atoms with van der Waals surface area (Å²) in [5.41, 5.74) is 2.04. The van der Waals surface area contributed by atoms with E-state index in [1.54, 1.807) is 6.66 Å². The van der Waals surface area contributed by atoms with E-state index >= 15 is 0 Å². The van der Waals surface area contributed by atoms with Crippen molar-refractivity contribution >= 4 is 12.7 Å². The van der Waals surface area contributed by atoms with Crippen molar-refractivity contribution in [2.75, 3.05) is 6.66 Å². The molecule has 20 heavy (non-hydrogen) atoms. The van der Waals surface area contributed by atoms with Gasteiger partial charge in [0, 0.05) is 12.2 Å². The summed E-state index contributed by atoms with van der Waals surface area (Å²) >= 11 is 0. The van der Waals surface area contributed by atoms with Crippen molar-refractivity contribution < 1.29 is 9.09 Å². The zero-order chi connectivity index (χ0) is 14.8. The fourth-order valence-electron chi connectivity index (χ4n) is 2.06. The monoisotopic (exact) mass is 288 g/mol. The third kappa shape index (κ3) is 3.13. The van der Waals surface area contributed by atoms with Crippen LogP contribution < -0.4 is 9.83 Å². The molecule has 1 unspecified atom stereocenters. The summed E-state index contributed by atoms with van der Waals surface area (Å²) in [7, 11) is -2.71. The van der Waals surface area contributed by atoms with Gasteiger partial charge in [0.05, 0.1) is 5.30 Å². The fourth-order valence-corrected chi connectivity index (χ4v) is 3.68. The molecule has 0 radical (unpaired) electrons. The second kappa shape index (κ2) is 5.85. The smallest absolute Gasteiger partial charge is 0.274 e. The van der Waals surface area contributed by atoms with Gasteiger partial charge in [0.1, 0.15) is 5.75 Å². The topological polar surface area (TPSA) is 26.3 Å². The fraction of sp³-hybridized carbons (Fsp3) is 0.294. The van der Waals surface area contributed by atoms with Gasteiger partial charge in [-0.15, -0.1) is 0 Å². The molecule has 3 heteroatoms. The second-order valence-corrected chi connectivity index (χ2v) is 8.04. The van der Waals surface area contributed by atoms with Crippen LogP contribution in [0.15, 0.2) is 48.5 Å². The molecule has 0 saturated heterocycles. The Kier molecular flexibility index (Phi) is 4.35. The number of benzene rings is 2. The highest BCUT2D eigenvalue weighted by Crippen LogP contribution is 2.51. The molecule has 1 aliphatic rings. The number of hydrogen-bond acceptors (Lipinski definition) is 2. The molecule has 0 N–H and O–H groups in total. The maximum absolute atomic E-state index is 12.4. The average Bonchev–Trinajstić information content (AvgIpc) is 2.38. The molecule has 1 atom stereocenters. The van der Waals surface area contributed by atoms with Crippen LogP contribution in [0.5, 0.6) is 5.75 Å². The Morgan fingerprint density at radius 1 is 0.900 bits per heavy atom. The van der Waals surface area contributed by atoms with E-state index in [-0.39, 0.29) is 0 Å². The van der Waals surface area contributed by atoms with Gasteiger partial charge in [0.2, 0.25) is 0 Å². The lowest BCUT2D eigenvalue weighted by molar-refractivity contribution is 0.497. The van der Waals surface area contributed by atoms with Crippen molar-refractivity contribution in [3.05, 3.63) is 48.5 Å². The normalized spacial score (nSPS) is 19.2. The standard InChI is InChI=1S/C13H11O2P.C4H10/c1-16(14)13-9-5-3-7-11(13)10-6-2-4-8-12(10)15-16;1-4(2)3/h2-9H,1H3;4H,1-3H3. The summed E-state index contributed by atoms with van der Waals surface area (Å²) in [5, 5.41) is 0.814. The highest BCUT2D eigenvalue weighted by atomic mass is 31.2. The molecule has 1 aliphatic heterocycles. The van der Waals surface area contributed by atoms with Gasteiger partial charge in [-0.2, -0.15) is 0 Å². The largest absolute Gasteiger partial charge is 0.439 e. The van der Waals surface area contributed by atoms with Gasteiger partial charge in [-0.05, 0) is 23.6 Å². The maximum atomic E-state index is 12.4. The third-order valence-electron chi connectivity index (χ3n) is 2.79. The van der Waals surface area contributed by atoms with Crippen LogP contribution in [0.2, 0.25) is 0 Å². The zero-order valence-corrected chi connectivity index (χ0v) is 13.4. The van der Waals surface area contributed by atoms with Gasteiger partial charge in [-0.25, -0.2) is 0 Å². The lowest BCUT2D eigenvalue weighted by Gasteiger charge is -2.25. The first-order valence-electron chi connectivity index (χ1n) is 6.88. The minimum atomic E-state index is -2.71. The zero-order valence-electron chi connectivity index (χ0n) is 12.5. The van der Waals surface area contributed by atoms with E-state index in [4.69, 9.17) is 4.52 Å². The molecule has 0 amide bonds. The van der Waals surface area contributed by atoms with Crippen LogP contribution >= 0.6 is 7.37 Å². The van der Waals surface area contributed by atoms with Crippen LogP contribution in [-0.4, -0.2) is 6.66 Å². The van der Waals surface area contributed by atoms with Crippen LogP contribution in [0.25, 0.3) is 11.1 Å². The molecule has 3 rings (SSSR count). The first-order valence-corrected chi connectivity index (χ1v) is 8.95. The second-order valence-electron chi connectivity index (χ2n) is 5.68. The van der Waals surface area contributed by atoms with E-state index in [2.05, 4.69) is 20.8 Å². The van der Waals surface area contributed by atoms with Crippen LogP contribution in [0.3, 0.4) is 0 Å². The molecule has 2 aromatic rings. The van der Waals surface area contributed by atoms with Crippen molar-refractivity contribution in [3.63, 3.8) is 0 Å². The molecule has 106 valence electrons. The van der Waals surface area contributed by atoms with Crippen LogP contribution in [0.4, 0.5) is 0 Å².